The Morgan fingerprint density at radius 2 is 1.76 bits per heavy atom. The highest BCUT2D eigenvalue weighted by Crippen LogP contribution is 2.26. The van der Waals surface area contributed by atoms with E-state index in [4.69, 9.17) is 4.74 Å². The second-order valence-corrected chi connectivity index (χ2v) is 4.61. The van der Waals surface area contributed by atoms with E-state index in [1.165, 1.54) is 0 Å². The molecule has 0 radical (unpaired) electrons. The average molecular weight is 279 g/mol. The van der Waals surface area contributed by atoms with Gasteiger partial charge in [0.2, 0.25) is 0 Å². The van der Waals surface area contributed by atoms with Crippen LogP contribution < -0.4 is 4.74 Å². The smallest absolute Gasteiger partial charge is 0.339 e. The molecule has 0 aliphatic rings. The van der Waals surface area contributed by atoms with E-state index in [9.17, 15) is 9.90 Å². The number of nitrogens with zero attached hydrogens (tertiary/aromatic N) is 1. The third-order valence-electron chi connectivity index (χ3n) is 3.18. The van der Waals surface area contributed by atoms with Crippen molar-refractivity contribution in [1.82, 2.24) is 4.98 Å². The van der Waals surface area contributed by atoms with Crippen LogP contribution in [-0.4, -0.2) is 16.1 Å². The maximum atomic E-state index is 11.4. The molecule has 1 aromatic heterocycles. The number of fused-ring (bicyclic) bond motifs is 1. The van der Waals surface area contributed by atoms with Crippen molar-refractivity contribution in [1.29, 1.82) is 0 Å². The molecule has 0 aliphatic carbocycles. The summed E-state index contributed by atoms with van der Waals surface area (Å²) in [6, 6.07) is 16.5. The van der Waals surface area contributed by atoms with Gasteiger partial charge in [-0.2, -0.15) is 0 Å². The Kier molecular flexibility index (Phi) is 3.51. The quantitative estimate of drug-likeness (QED) is 0.794. The maximum absolute atomic E-state index is 11.4. The Hall–Kier alpha value is -2.88. The number of rotatable bonds is 4. The van der Waals surface area contributed by atoms with Crippen molar-refractivity contribution in [3.63, 3.8) is 0 Å². The van der Waals surface area contributed by atoms with Gasteiger partial charge >= 0.3 is 5.97 Å². The van der Waals surface area contributed by atoms with Gasteiger partial charge in [-0.25, -0.2) is 4.79 Å². The zero-order chi connectivity index (χ0) is 14.7. The summed E-state index contributed by atoms with van der Waals surface area (Å²) in [4.78, 5) is 15.5. The van der Waals surface area contributed by atoms with Gasteiger partial charge in [-0.3, -0.25) is 4.98 Å². The van der Waals surface area contributed by atoms with Gasteiger partial charge in [-0.15, -0.1) is 0 Å². The number of aromatic nitrogens is 1. The molecule has 0 amide bonds. The summed E-state index contributed by atoms with van der Waals surface area (Å²) in [5, 5.41) is 11.1. The normalized spacial score (nSPS) is 10.5. The molecule has 4 heteroatoms. The fourth-order valence-electron chi connectivity index (χ4n) is 2.14. The first-order valence-corrected chi connectivity index (χ1v) is 6.53. The summed E-state index contributed by atoms with van der Waals surface area (Å²) in [6.45, 7) is 0.236. The number of hydrogen-bond donors (Lipinski definition) is 1. The lowest BCUT2D eigenvalue weighted by atomic mass is 10.1. The number of carboxylic acids is 1. The van der Waals surface area contributed by atoms with Crippen LogP contribution in [0.2, 0.25) is 0 Å². The number of pyridine rings is 1. The van der Waals surface area contributed by atoms with Crippen LogP contribution >= 0.6 is 0 Å². The van der Waals surface area contributed by atoms with E-state index in [1.54, 1.807) is 18.3 Å². The molecule has 4 nitrogen and oxygen atoms in total. The van der Waals surface area contributed by atoms with Gasteiger partial charge in [-0.1, -0.05) is 30.3 Å². The Labute approximate surface area is 121 Å². The zero-order valence-electron chi connectivity index (χ0n) is 11.2. The van der Waals surface area contributed by atoms with Crippen LogP contribution in [0.3, 0.4) is 0 Å². The molecule has 21 heavy (non-hydrogen) atoms. The highest BCUT2D eigenvalue weighted by atomic mass is 16.5. The van der Waals surface area contributed by atoms with Gasteiger partial charge in [-0.05, 0) is 35.0 Å². The molecule has 0 saturated heterocycles. The summed E-state index contributed by atoms with van der Waals surface area (Å²) in [5.41, 5.74) is 0.909. The molecular weight excluding hydrogens is 266 g/mol. The van der Waals surface area contributed by atoms with Crippen molar-refractivity contribution in [3.8, 4) is 5.75 Å². The molecule has 3 aromatic rings. The largest absolute Gasteiger partial charge is 0.486 e. The molecule has 2 aromatic carbocycles. The number of benzene rings is 2. The Morgan fingerprint density at radius 3 is 2.43 bits per heavy atom. The van der Waals surface area contributed by atoms with Crippen LogP contribution in [0.5, 0.6) is 5.75 Å². The first-order valence-electron chi connectivity index (χ1n) is 6.53. The molecule has 0 bridgehead atoms. The third kappa shape index (κ3) is 2.84. The lowest BCUT2D eigenvalue weighted by molar-refractivity contribution is 0.0692. The molecule has 3 rings (SSSR count). The molecule has 1 heterocycles. The Bertz CT molecular complexity index is 784. The van der Waals surface area contributed by atoms with Crippen molar-refractivity contribution in [2.24, 2.45) is 0 Å². The van der Waals surface area contributed by atoms with Gasteiger partial charge in [0, 0.05) is 6.20 Å². The maximum Gasteiger partial charge on any atom is 0.339 e. The lowest BCUT2D eigenvalue weighted by Gasteiger charge is -2.10. The predicted molar refractivity (Wildman–Crippen MR) is 79.5 cm³/mol. The van der Waals surface area contributed by atoms with E-state index in [0.29, 0.717) is 5.75 Å². The summed E-state index contributed by atoms with van der Waals surface area (Å²) >= 11 is 0. The second-order valence-electron chi connectivity index (χ2n) is 4.61. The van der Waals surface area contributed by atoms with Gasteiger partial charge in [0.05, 0.1) is 5.69 Å². The van der Waals surface area contributed by atoms with Crippen molar-refractivity contribution < 1.29 is 14.6 Å². The van der Waals surface area contributed by atoms with Crippen molar-refractivity contribution in [2.45, 2.75) is 6.61 Å². The SMILES string of the molecule is O=C(O)c1cc2ccccc2cc1OCc1ccccn1. The standard InChI is InChI=1S/C17H13NO3/c19-17(20)15-9-12-5-1-2-6-13(12)10-16(15)21-11-14-7-3-4-8-18-14/h1-10H,11H2,(H,19,20). The Balaban J connectivity index is 1.96. The second kappa shape index (κ2) is 5.63. The summed E-state index contributed by atoms with van der Waals surface area (Å²) in [6.07, 6.45) is 1.68. The van der Waals surface area contributed by atoms with E-state index < -0.39 is 5.97 Å². The van der Waals surface area contributed by atoms with Crippen molar-refractivity contribution >= 4 is 16.7 Å². The van der Waals surface area contributed by atoms with E-state index in [1.807, 2.05) is 42.5 Å². The summed E-state index contributed by atoms with van der Waals surface area (Å²) in [7, 11) is 0. The molecule has 0 saturated carbocycles. The third-order valence-corrected chi connectivity index (χ3v) is 3.18. The zero-order valence-corrected chi connectivity index (χ0v) is 11.2. The fraction of sp³-hybridized carbons (Fsp3) is 0.0588. The summed E-state index contributed by atoms with van der Waals surface area (Å²) < 4.78 is 5.65. The lowest BCUT2D eigenvalue weighted by Crippen LogP contribution is -2.04. The first kappa shape index (κ1) is 13.1. The van der Waals surface area contributed by atoms with Gasteiger partial charge in [0.15, 0.2) is 0 Å². The van der Waals surface area contributed by atoms with Crippen LogP contribution in [0, 0.1) is 0 Å². The first-order chi connectivity index (χ1) is 10.2. The fourth-order valence-corrected chi connectivity index (χ4v) is 2.14. The number of aromatic carboxylic acids is 1. The van der Waals surface area contributed by atoms with E-state index in [0.717, 1.165) is 16.5 Å². The van der Waals surface area contributed by atoms with Crippen LogP contribution in [0.4, 0.5) is 0 Å². The van der Waals surface area contributed by atoms with Crippen molar-refractivity contribution in [3.05, 3.63) is 72.1 Å². The topological polar surface area (TPSA) is 59.4 Å². The number of hydrogen-bond acceptors (Lipinski definition) is 3. The van der Waals surface area contributed by atoms with Gasteiger partial charge < -0.3 is 9.84 Å². The highest BCUT2D eigenvalue weighted by Gasteiger charge is 2.13. The molecule has 0 aliphatic heterocycles. The predicted octanol–water partition coefficient (Wildman–Crippen LogP) is 3.51. The van der Waals surface area contributed by atoms with Crippen LogP contribution in [0.25, 0.3) is 10.8 Å². The molecule has 0 fully saturated rings. The minimum absolute atomic E-state index is 0.157. The highest BCUT2D eigenvalue weighted by molar-refractivity contribution is 5.97. The number of carboxylic acid groups (broad SMARTS) is 1. The molecular formula is C17H13NO3. The van der Waals surface area contributed by atoms with Crippen molar-refractivity contribution in [2.75, 3.05) is 0 Å². The average Bonchev–Trinajstić information content (AvgIpc) is 2.53. The number of carbonyl (C=O) groups is 1. The summed E-state index contributed by atoms with van der Waals surface area (Å²) in [5.74, 6) is -0.649. The molecule has 1 N–H and O–H groups in total. The van der Waals surface area contributed by atoms with E-state index >= 15 is 0 Å². The molecule has 0 unspecified atom stereocenters. The molecule has 104 valence electrons. The minimum Gasteiger partial charge on any atom is -0.486 e. The van der Waals surface area contributed by atoms with Crippen LogP contribution in [0.1, 0.15) is 16.1 Å². The van der Waals surface area contributed by atoms with Gasteiger partial charge in [0.25, 0.3) is 0 Å². The molecule has 0 spiro atoms. The van der Waals surface area contributed by atoms with Gasteiger partial charge in [0.1, 0.15) is 17.9 Å². The van der Waals surface area contributed by atoms with Crippen LogP contribution in [-0.2, 0) is 6.61 Å². The van der Waals surface area contributed by atoms with Crippen LogP contribution in [0.15, 0.2) is 60.8 Å². The minimum atomic E-state index is -1.00. The molecule has 0 atom stereocenters. The van der Waals surface area contributed by atoms with E-state index in [-0.39, 0.29) is 12.2 Å². The number of ether oxygens (including phenoxy) is 1. The monoisotopic (exact) mass is 279 g/mol. The Morgan fingerprint density at radius 1 is 1.05 bits per heavy atom. The van der Waals surface area contributed by atoms with E-state index in [2.05, 4.69) is 4.98 Å².